The molecule has 1 aromatic carbocycles. The first-order chi connectivity index (χ1) is 19.1. The van der Waals surface area contributed by atoms with E-state index in [0.717, 1.165) is 5.56 Å². The van der Waals surface area contributed by atoms with Crippen LogP contribution in [-0.4, -0.2) is 63.7 Å². The molecule has 4 aromatic rings. The molecule has 2 unspecified atom stereocenters. The van der Waals surface area contributed by atoms with Gasteiger partial charge in [-0.25, -0.2) is 8.42 Å². The standard InChI is InChI=1S/C27H33N7O5S/c1-16(2)39-25(21-15-29-18(4)13-30-21)19(5)40(35,36)33-27-32-31-26(20-11-17(3)12-28-14-20)34(27)24-22(37-6)9-8-10-23(24)38-7/h8-16,19,25H,1-7H3,(H,32,33). The van der Waals surface area contributed by atoms with Gasteiger partial charge in [0.2, 0.25) is 16.0 Å². The van der Waals surface area contributed by atoms with Crippen molar-refractivity contribution in [1.29, 1.82) is 0 Å². The Balaban J connectivity index is 1.85. The lowest BCUT2D eigenvalue weighted by atomic mass is 10.2. The number of rotatable bonds is 11. The molecule has 4 rings (SSSR count). The minimum Gasteiger partial charge on any atom is -0.494 e. The van der Waals surface area contributed by atoms with Gasteiger partial charge in [-0.2, -0.15) is 0 Å². The minimum absolute atomic E-state index is 0.0653. The van der Waals surface area contributed by atoms with Gasteiger partial charge in [0.25, 0.3) is 0 Å². The lowest BCUT2D eigenvalue weighted by molar-refractivity contribution is 0.00394. The summed E-state index contributed by atoms with van der Waals surface area (Å²) in [6, 6.07) is 7.11. The molecule has 3 aromatic heterocycles. The third-order valence-corrected chi connectivity index (χ3v) is 7.78. The molecule has 0 saturated carbocycles. The highest BCUT2D eigenvalue weighted by Gasteiger charge is 2.35. The van der Waals surface area contributed by atoms with Gasteiger partial charge in [-0.1, -0.05) is 6.07 Å². The van der Waals surface area contributed by atoms with Crippen LogP contribution >= 0.6 is 0 Å². The van der Waals surface area contributed by atoms with E-state index >= 15 is 0 Å². The number of methoxy groups -OCH3 is 2. The predicted octanol–water partition coefficient (Wildman–Crippen LogP) is 4.05. The Morgan fingerprint density at radius 3 is 2.20 bits per heavy atom. The number of para-hydroxylation sites is 1. The van der Waals surface area contributed by atoms with Crippen molar-refractivity contribution in [2.24, 2.45) is 0 Å². The summed E-state index contributed by atoms with van der Waals surface area (Å²) in [7, 11) is -1.10. The number of anilines is 1. The number of benzene rings is 1. The molecule has 0 aliphatic rings. The van der Waals surface area contributed by atoms with Crippen LogP contribution in [0.1, 0.15) is 43.8 Å². The summed E-state index contributed by atoms with van der Waals surface area (Å²) >= 11 is 0. The van der Waals surface area contributed by atoms with Gasteiger partial charge in [-0.3, -0.25) is 24.2 Å². The van der Waals surface area contributed by atoms with E-state index in [0.29, 0.717) is 40.0 Å². The molecule has 2 atom stereocenters. The summed E-state index contributed by atoms with van der Waals surface area (Å²) in [4.78, 5) is 12.9. The monoisotopic (exact) mass is 567 g/mol. The fraction of sp³-hybridized carbons (Fsp3) is 0.370. The maximum Gasteiger partial charge on any atom is 0.243 e. The molecule has 0 spiro atoms. The van der Waals surface area contributed by atoms with E-state index in [2.05, 4.69) is 29.9 Å². The van der Waals surface area contributed by atoms with Gasteiger partial charge in [0.15, 0.2) is 5.82 Å². The van der Waals surface area contributed by atoms with Crippen molar-refractivity contribution in [1.82, 2.24) is 29.7 Å². The second-order valence-electron chi connectivity index (χ2n) is 9.49. The second-order valence-corrected chi connectivity index (χ2v) is 11.5. The average Bonchev–Trinajstić information content (AvgIpc) is 3.33. The molecule has 40 heavy (non-hydrogen) atoms. The van der Waals surface area contributed by atoms with Crippen LogP contribution in [0, 0.1) is 13.8 Å². The topological polar surface area (TPSA) is 143 Å². The number of aryl methyl sites for hydroxylation is 2. The fourth-order valence-electron chi connectivity index (χ4n) is 4.12. The van der Waals surface area contributed by atoms with Crippen molar-refractivity contribution in [2.45, 2.75) is 52.1 Å². The molecule has 0 amide bonds. The van der Waals surface area contributed by atoms with Crippen molar-refractivity contribution in [3.63, 3.8) is 0 Å². The lowest BCUT2D eigenvalue weighted by Gasteiger charge is -2.26. The number of sulfonamides is 1. The minimum atomic E-state index is -4.13. The Labute approximate surface area is 233 Å². The zero-order valence-corrected chi connectivity index (χ0v) is 24.3. The van der Waals surface area contributed by atoms with Gasteiger partial charge in [0, 0.05) is 24.2 Å². The molecule has 212 valence electrons. The Morgan fingerprint density at radius 1 is 0.925 bits per heavy atom. The number of hydrogen-bond donors (Lipinski definition) is 1. The number of ether oxygens (including phenoxy) is 3. The van der Waals surface area contributed by atoms with Crippen LogP contribution in [0.5, 0.6) is 11.5 Å². The summed E-state index contributed by atoms with van der Waals surface area (Å²) in [5.41, 5.74) is 3.03. The quantitative estimate of drug-likeness (QED) is 0.282. The van der Waals surface area contributed by atoms with Gasteiger partial charge in [0.1, 0.15) is 28.5 Å². The molecule has 3 heterocycles. The Bertz CT molecular complexity index is 1550. The maximum atomic E-state index is 13.9. The molecule has 0 saturated heterocycles. The Morgan fingerprint density at radius 2 is 1.62 bits per heavy atom. The largest absolute Gasteiger partial charge is 0.494 e. The molecule has 1 N–H and O–H groups in total. The van der Waals surface area contributed by atoms with Crippen LogP contribution in [0.25, 0.3) is 17.1 Å². The molecule has 13 heteroatoms. The number of nitrogens with one attached hydrogen (secondary N) is 1. The van der Waals surface area contributed by atoms with Crippen LogP contribution in [0.3, 0.4) is 0 Å². The number of hydrogen-bond acceptors (Lipinski definition) is 10. The zero-order valence-electron chi connectivity index (χ0n) is 23.5. The normalized spacial score (nSPS) is 13.2. The van der Waals surface area contributed by atoms with E-state index < -0.39 is 21.4 Å². The highest BCUT2D eigenvalue weighted by atomic mass is 32.2. The second kappa shape index (κ2) is 12.0. The fourth-order valence-corrected chi connectivity index (χ4v) is 5.23. The van der Waals surface area contributed by atoms with E-state index in [9.17, 15) is 8.42 Å². The van der Waals surface area contributed by atoms with Crippen molar-refractivity contribution in [2.75, 3.05) is 18.9 Å². The first-order valence-corrected chi connectivity index (χ1v) is 14.1. The van der Waals surface area contributed by atoms with E-state index in [1.807, 2.05) is 26.8 Å². The molecular weight excluding hydrogens is 534 g/mol. The van der Waals surface area contributed by atoms with E-state index in [-0.39, 0.29) is 12.1 Å². The van der Waals surface area contributed by atoms with Crippen LogP contribution in [0.15, 0.2) is 49.1 Å². The molecular formula is C27H33N7O5S. The van der Waals surface area contributed by atoms with Crippen LogP contribution in [0.4, 0.5) is 5.95 Å². The summed E-state index contributed by atoms with van der Waals surface area (Å²) in [6.07, 6.45) is 5.27. The van der Waals surface area contributed by atoms with Crippen LogP contribution in [0.2, 0.25) is 0 Å². The van der Waals surface area contributed by atoms with Crippen molar-refractivity contribution < 1.29 is 22.6 Å². The zero-order chi connectivity index (χ0) is 29.0. The van der Waals surface area contributed by atoms with Gasteiger partial charge in [-0.05, 0) is 58.4 Å². The van der Waals surface area contributed by atoms with E-state index in [1.165, 1.54) is 20.4 Å². The molecule has 0 fully saturated rings. The highest BCUT2D eigenvalue weighted by molar-refractivity contribution is 7.93. The molecule has 0 aliphatic heterocycles. The first kappa shape index (κ1) is 28.9. The predicted molar refractivity (Wildman–Crippen MR) is 150 cm³/mol. The summed E-state index contributed by atoms with van der Waals surface area (Å²) in [5.74, 6) is 1.11. The van der Waals surface area contributed by atoms with Crippen LogP contribution in [-0.2, 0) is 14.8 Å². The molecule has 0 aliphatic carbocycles. The number of pyridine rings is 1. The highest BCUT2D eigenvalue weighted by Crippen LogP contribution is 2.38. The van der Waals surface area contributed by atoms with Crippen molar-refractivity contribution in [3.05, 3.63) is 66.0 Å². The van der Waals surface area contributed by atoms with Crippen molar-refractivity contribution >= 4 is 16.0 Å². The molecule has 0 radical (unpaired) electrons. The third-order valence-electron chi connectivity index (χ3n) is 6.08. The van der Waals surface area contributed by atoms with Crippen molar-refractivity contribution in [3.8, 4) is 28.6 Å². The smallest absolute Gasteiger partial charge is 0.243 e. The first-order valence-electron chi connectivity index (χ1n) is 12.6. The average molecular weight is 568 g/mol. The van der Waals surface area contributed by atoms with Gasteiger partial charge in [0.05, 0.1) is 37.9 Å². The van der Waals surface area contributed by atoms with E-state index in [4.69, 9.17) is 14.2 Å². The van der Waals surface area contributed by atoms with E-state index in [1.54, 1.807) is 55.2 Å². The SMILES string of the molecule is COc1cccc(OC)c1-n1c(NS(=O)(=O)C(C)C(OC(C)C)c2cnc(C)cn2)nnc1-c1cncc(C)c1. The summed E-state index contributed by atoms with van der Waals surface area (Å²) < 4.78 is 49.2. The van der Waals surface area contributed by atoms with Gasteiger partial charge < -0.3 is 14.2 Å². The summed E-state index contributed by atoms with van der Waals surface area (Å²) in [6.45, 7) is 8.90. The Kier molecular flexibility index (Phi) is 8.64. The third kappa shape index (κ3) is 6.05. The molecule has 0 bridgehead atoms. The maximum absolute atomic E-state index is 13.9. The Hall–Kier alpha value is -4.10. The van der Waals surface area contributed by atoms with Gasteiger partial charge >= 0.3 is 0 Å². The van der Waals surface area contributed by atoms with Gasteiger partial charge in [-0.15, -0.1) is 10.2 Å². The number of aromatic nitrogens is 6. The number of nitrogens with zero attached hydrogens (tertiary/aromatic N) is 6. The lowest BCUT2D eigenvalue weighted by Crippen LogP contribution is -2.34. The molecule has 12 nitrogen and oxygen atoms in total. The summed E-state index contributed by atoms with van der Waals surface area (Å²) in [5, 5.41) is 7.49. The van der Waals surface area contributed by atoms with Crippen LogP contribution < -0.4 is 14.2 Å².